The van der Waals surface area contributed by atoms with Crippen LogP contribution in [0.2, 0.25) is 0 Å². The van der Waals surface area contributed by atoms with E-state index in [0.717, 1.165) is 19.4 Å². The maximum Gasteiger partial charge on any atom is 0.237 e. The zero-order chi connectivity index (χ0) is 14.5. The van der Waals surface area contributed by atoms with E-state index in [0.29, 0.717) is 11.8 Å². The Hall–Kier alpha value is -0.610. The highest BCUT2D eigenvalue weighted by Gasteiger charge is 2.34. The molecule has 4 nitrogen and oxygen atoms in total. The molecule has 1 fully saturated rings. The lowest BCUT2D eigenvalue weighted by molar-refractivity contribution is -0.122. The molecule has 0 saturated carbocycles. The van der Waals surface area contributed by atoms with Crippen LogP contribution < -0.4 is 11.5 Å². The fraction of sp³-hybridized carbons (Fsp3) is 0.933. The Morgan fingerprint density at radius 1 is 1.32 bits per heavy atom. The van der Waals surface area contributed by atoms with Crippen molar-refractivity contribution in [3.05, 3.63) is 0 Å². The van der Waals surface area contributed by atoms with Crippen LogP contribution in [0.1, 0.15) is 59.3 Å². The van der Waals surface area contributed by atoms with Crippen molar-refractivity contribution in [1.29, 1.82) is 0 Å². The zero-order valence-electron chi connectivity index (χ0n) is 12.9. The maximum absolute atomic E-state index is 11.1. The predicted octanol–water partition coefficient (Wildman–Crippen LogP) is 1.87. The summed E-state index contributed by atoms with van der Waals surface area (Å²) in [6, 6.07) is 0. The quantitative estimate of drug-likeness (QED) is 0.661. The fourth-order valence-electron chi connectivity index (χ4n) is 3.00. The first-order valence-corrected chi connectivity index (χ1v) is 7.66. The number of unbranched alkanes of at least 4 members (excludes halogenated alkanes) is 1. The predicted molar refractivity (Wildman–Crippen MR) is 79.7 cm³/mol. The molecule has 0 aromatic rings. The third-order valence-corrected chi connectivity index (χ3v) is 5.00. The largest absolute Gasteiger partial charge is 0.368 e. The normalized spacial score (nSPS) is 22.3. The van der Waals surface area contributed by atoms with E-state index in [-0.39, 0.29) is 0 Å². The van der Waals surface area contributed by atoms with Crippen molar-refractivity contribution in [1.82, 2.24) is 4.90 Å². The summed E-state index contributed by atoms with van der Waals surface area (Å²) in [5, 5.41) is 0. The van der Waals surface area contributed by atoms with Crippen LogP contribution in [0.3, 0.4) is 0 Å². The monoisotopic (exact) mass is 269 g/mol. The number of hydrogen-bond donors (Lipinski definition) is 2. The van der Waals surface area contributed by atoms with E-state index < -0.39 is 11.4 Å². The topological polar surface area (TPSA) is 72.3 Å². The summed E-state index contributed by atoms with van der Waals surface area (Å²) in [6.45, 7) is 9.91. The Labute approximate surface area is 117 Å². The summed E-state index contributed by atoms with van der Waals surface area (Å²) in [5.41, 5.74) is 10.8. The first-order chi connectivity index (χ1) is 8.85. The average molecular weight is 269 g/mol. The summed E-state index contributed by atoms with van der Waals surface area (Å²) >= 11 is 0. The molecule has 0 aliphatic carbocycles. The second-order valence-corrected chi connectivity index (χ2v) is 6.47. The molecule has 0 radical (unpaired) electrons. The van der Waals surface area contributed by atoms with Crippen LogP contribution in [0.4, 0.5) is 0 Å². The Morgan fingerprint density at radius 3 is 2.42 bits per heavy atom. The molecule has 0 aromatic carbocycles. The highest BCUT2D eigenvalue weighted by atomic mass is 16.1. The molecule has 4 heteroatoms. The van der Waals surface area contributed by atoms with Crippen molar-refractivity contribution in [2.24, 2.45) is 16.9 Å². The van der Waals surface area contributed by atoms with Crippen molar-refractivity contribution in [3.63, 3.8) is 0 Å². The first-order valence-electron chi connectivity index (χ1n) is 7.66. The summed E-state index contributed by atoms with van der Waals surface area (Å²) in [5.74, 6) is -0.398. The maximum atomic E-state index is 11.1. The molecule has 1 unspecified atom stereocenters. The molecule has 0 aromatic heterocycles. The van der Waals surface area contributed by atoms with Crippen LogP contribution in [0.15, 0.2) is 0 Å². The van der Waals surface area contributed by atoms with Gasteiger partial charge in [0.1, 0.15) is 0 Å². The standard InChI is InChI=1S/C15H31N3O/c1-4-15(5-2)9-11-18(12-15)10-7-6-8-14(3,17)13(16)19/h4-12,17H2,1-3H3,(H2,16,19). The first kappa shape index (κ1) is 16.4. The summed E-state index contributed by atoms with van der Waals surface area (Å²) in [7, 11) is 0. The number of carbonyl (C=O) groups is 1. The SMILES string of the molecule is CCC1(CC)CCN(CCCCC(C)(N)C(N)=O)C1. The molecule has 112 valence electrons. The van der Waals surface area contributed by atoms with Crippen LogP contribution >= 0.6 is 0 Å². The minimum atomic E-state index is -0.846. The lowest BCUT2D eigenvalue weighted by Gasteiger charge is -2.26. The molecule has 1 atom stereocenters. The van der Waals surface area contributed by atoms with E-state index in [4.69, 9.17) is 11.5 Å². The van der Waals surface area contributed by atoms with E-state index >= 15 is 0 Å². The van der Waals surface area contributed by atoms with Gasteiger partial charge in [0.25, 0.3) is 0 Å². The van der Waals surface area contributed by atoms with Crippen molar-refractivity contribution < 1.29 is 4.79 Å². The highest BCUT2D eigenvalue weighted by molar-refractivity contribution is 5.83. The molecule has 1 saturated heterocycles. The number of primary amides is 1. The van der Waals surface area contributed by atoms with Gasteiger partial charge in [0, 0.05) is 6.54 Å². The summed E-state index contributed by atoms with van der Waals surface area (Å²) < 4.78 is 0. The minimum absolute atomic E-state index is 0.398. The molecule has 1 rings (SSSR count). The molecular formula is C15H31N3O. The van der Waals surface area contributed by atoms with E-state index in [1.165, 1.54) is 32.4 Å². The van der Waals surface area contributed by atoms with Gasteiger partial charge in [-0.15, -0.1) is 0 Å². The minimum Gasteiger partial charge on any atom is -0.368 e. The van der Waals surface area contributed by atoms with Crippen LogP contribution in [0.5, 0.6) is 0 Å². The molecule has 1 amide bonds. The van der Waals surface area contributed by atoms with E-state index in [1.54, 1.807) is 6.92 Å². The van der Waals surface area contributed by atoms with E-state index in [9.17, 15) is 4.79 Å². The summed E-state index contributed by atoms with van der Waals surface area (Å²) in [6.07, 6.45) is 6.64. The second kappa shape index (κ2) is 6.71. The Kier molecular flexibility index (Phi) is 5.81. The van der Waals surface area contributed by atoms with Crippen LogP contribution in [-0.4, -0.2) is 36.0 Å². The van der Waals surface area contributed by atoms with Crippen molar-refractivity contribution in [2.45, 2.75) is 64.8 Å². The van der Waals surface area contributed by atoms with Crippen LogP contribution in [0.25, 0.3) is 0 Å². The van der Waals surface area contributed by atoms with E-state index in [1.807, 2.05) is 0 Å². The van der Waals surface area contributed by atoms with Gasteiger partial charge in [-0.05, 0) is 64.0 Å². The molecule has 0 spiro atoms. The van der Waals surface area contributed by atoms with Gasteiger partial charge in [0.2, 0.25) is 5.91 Å². The smallest absolute Gasteiger partial charge is 0.237 e. The van der Waals surface area contributed by atoms with Crippen molar-refractivity contribution in [3.8, 4) is 0 Å². The summed E-state index contributed by atoms with van der Waals surface area (Å²) in [4.78, 5) is 13.7. The number of amides is 1. The van der Waals surface area contributed by atoms with Gasteiger partial charge in [0.15, 0.2) is 0 Å². The highest BCUT2D eigenvalue weighted by Crippen LogP contribution is 2.36. The average Bonchev–Trinajstić information content (AvgIpc) is 2.79. The lowest BCUT2D eigenvalue weighted by atomic mass is 9.82. The molecule has 1 heterocycles. The zero-order valence-corrected chi connectivity index (χ0v) is 12.9. The van der Waals surface area contributed by atoms with Crippen molar-refractivity contribution >= 4 is 5.91 Å². The second-order valence-electron chi connectivity index (χ2n) is 6.47. The molecule has 4 N–H and O–H groups in total. The van der Waals surface area contributed by atoms with Crippen LogP contribution in [0, 0.1) is 5.41 Å². The third-order valence-electron chi connectivity index (χ3n) is 5.00. The number of hydrogen-bond acceptors (Lipinski definition) is 3. The molecule has 0 bridgehead atoms. The molecular weight excluding hydrogens is 238 g/mol. The Bertz CT molecular complexity index is 298. The number of nitrogens with two attached hydrogens (primary N) is 2. The fourth-order valence-corrected chi connectivity index (χ4v) is 3.00. The number of carbonyl (C=O) groups excluding carboxylic acids is 1. The molecule has 1 aliphatic heterocycles. The van der Waals surface area contributed by atoms with E-state index in [2.05, 4.69) is 18.7 Å². The Morgan fingerprint density at radius 2 is 1.95 bits per heavy atom. The molecule has 19 heavy (non-hydrogen) atoms. The number of nitrogens with zero attached hydrogens (tertiary/aromatic N) is 1. The van der Waals surface area contributed by atoms with Gasteiger partial charge in [-0.1, -0.05) is 13.8 Å². The van der Waals surface area contributed by atoms with Crippen LogP contribution in [-0.2, 0) is 4.79 Å². The van der Waals surface area contributed by atoms with Crippen molar-refractivity contribution in [2.75, 3.05) is 19.6 Å². The third kappa shape index (κ3) is 4.46. The lowest BCUT2D eigenvalue weighted by Crippen LogP contribution is -2.49. The van der Waals surface area contributed by atoms with Gasteiger partial charge in [0.05, 0.1) is 5.54 Å². The van der Waals surface area contributed by atoms with Gasteiger partial charge < -0.3 is 16.4 Å². The molecule has 1 aliphatic rings. The van der Waals surface area contributed by atoms with Gasteiger partial charge >= 0.3 is 0 Å². The number of likely N-dealkylation sites (tertiary alicyclic amines) is 1. The number of rotatable bonds is 8. The van der Waals surface area contributed by atoms with Gasteiger partial charge in [-0.2, -0.15) is 0 Å². The Balaban J connectivity index is 2.23. The van der Waals surface area contributed by atoms with Gasteiger partial charge in [-0.25, -0.2) is 0 Å². The van der Waals surface area contributed by atoms with Gasteiger partial charge in [-0.3, -0.25) is 4.79 Å².